The van der Waals surface area contributed by atoms with Crippen molar-refractivity contribution >= 4 is 0 Å². The van der Waals surface area contributed by atoms with E-state index in [9.17, 15) is 5.11 Å². The Kier molecular flexibility index (Phi) is 2.46. The average Bonchev–Trinajstić information content (AvgIpc) is 2.46. The zero-order chi connectivity index (χ0) is 12.0. The molecule has 0 atom stereocenters. The molecule has 1 aromatic heterocycles. The predicted octanol–water partition coefficient (Wildman–Crippen LogP) is 3.70. The van der Waals surface area contributed by atoms with Crippen molar-refractivity contribution < 1.29 is 9.52 Å². The minimum Gasteiger partial charge on any atom is -0.472 e. The van der Waals surface area contributed by atoms with Crippen molar-refractivity contribution in [3.05, 3.63) is 24.2 Å². The Labute approximate surface area is 97.7 Å². The van der Waals surface area contributed by atoms with Crippen LogP contribution in [0, 0.1) is 10.8 Å². The molecule has 1 aromatic rings. The van der Waals surface area contributed by atoms with Crippen LogP contribution in [0.2, 0.25) is 0 Å². The second-order valence-corrected chi connectivity index (χ2v) is 6.90. The van der Waals surface area contributed by atoms with Crippen molar-refractivity contribution in [1.29, 1.82) is 0 Å². The standard InChI is InChI=1S/C14H22O2/c1-12(2)8-13(3,4)10-14(15,9-12)11-5-6-16-7-11/h5-7,15H,8-10H2,1-4H3. The zero-order valence-electron chi connectivity index (χ0n) is 10.7. The van der Waals surface area contributed by atoms with E-state index in [4.69, 9.17) is 4.42 Å². The Bertz CT molecular complexity index is 344. The van der Waals surface area contributed by atoms with E-state index in [2.05, 4.69) is 27.7 Å². The van der Waals surface area contributed by atoms with Crippen LogP contribution >= 0.6 is 0 Å². The SMILES string of the molecule is CC1(C)CC(C)(C)CC(O)(c2ccoc2)C1. The Hall–Kier alpha value is -0.760. The molecule has 16 heavy (non-hydrogen) atoms. The normalized spacial score (nSPS) is 26.6. The summed E-state index contributed by atoms with van der Waals surface area (Å²) in [5.41, 5.74) is 0.549. The summed E-state index contributed by atoms with van der Waals surface area (Å²) >= 11 is 0. The maximum Gasteiger partial charge on any atom is 0.0963 e. The highest BCUT2D eigenvalue weighted by molar-refractivity contribution is 5.19. The molecule has 0 spiro atoms. The molecule has 0 aliphatic heterocycles. The van der Waals surface area contributed by atoms with Crippen molar-refractivity contribution in [2.75, 3.05) is 0 Å². The van der Waals surface area contributed by atoms with Gasteiger partial charge in [0.1, 0.15) is 0 Å². The van der Waals surface area contributed by atoms with Gasteiger partial charge < -0.3 is 9.52 Å². The number of furan rings is 1. The highest BCUT2D eigenvalue weighted by atomic mass is 16.3. The van der Waals surface area contributed by atoms with E-state index in [1.54, 1.807) is 12.5 Å². The second kappa shape index (κ2) is 3.36. The maximum absolute atomic E-state index is 10.8. The monoisotopic (exact) mass is 222 g/mol. The third kappa shape index (κ3) is 2.17. The van der Waals surface area contributed by atoms with E-state index >= 15 is 0 Å². The van der Waals surface area contributed by atoms with E-state index in [1.807, 2.05) is 6.07 Å². The molecule has 2 heteroatoms. The molecule has 1 N–H and O–H groups in total. The minimum atomic E-state index is -0.724. The van der Waals surface area contributed by atoms with Crippen LogP contribution in [-0.4, -0.2) is 5.11 Å². The van der Waals surface area contributed by atoms with Crippen LogP contribution in [0.3, 0.4) is 0 Å². The lowest BCUT2D eigenvalue weighted by molar-refractivity contribution is -0.0915. The highest BCUT2D eigenvalue weighted by Gasteiger charge is 2.47. The molecular weight excluding hydrogens is 200 g/mol. The molecular formula is C14H22O2. The highest BCUT2D eigenvalue weighted by Crippen LogP contribution is 2.53. The molecule has 1 saturated carbocycles. The van der Waals surface area contributed by atoms with Crippen LogP contribution in [0.4, 0.5) is 0 Å². The van der Waals surface area contributed by atoms with Crippen molar-refractivity contribution in [3.8, 4) is 0 Å². The Morgan fingerprint density at radius 1 is 1.06 bits per heavy atom. The lowest BCUT2D eigenvalue weighted by atomic mass is 9.58. The molecule has 0 bridgehead atoms. The van der Waals surface area contributed by atoms with Crippen LogP contribution in [0.5, 0.6) is 0 Å². The lowest BCUT2D eigenvalue weighted by Crippen LogP contribution is -2.43. The first-order valence-corrected chi connectivity index (χ1v) is 5.98. The van der Waals surface area contributed by atoms with E-state index in [-0.39, 0.29) is 10.8 Å². The average molecular weight is 222 g/mol. The van der Waals surface area contributed by atoms with E-state index in [0.717, 1.165) is 24.8 Å². The Balaban J connectivity index is 2.35. The summed E-state index contributed by atoms with van der Waals surface area (Å²) in [6, 6.07) is 1.89. The third-order valence-electron chi connectivity index (χ3n) is 3.56. The summed E-state index contributed by atoms with van der Waals surface area (Å²) in [7, 11) is 0. The van der Waals surface area contributed by atoms with Crippen LogP contribution in [0.25, 0.3) is 0 Å². The molecule has 1 aliphatic carbocycles. The molecule has 90 valence electrons. The Morgan fingerprint density at radius 3 is 2.06 bits per heavy atom. The van der Waals surface area contributed by atoms with E-state index < -0.39 is 5.60 Å². The first-order chi connectivity index (χ1) is 7.23. The summed E-state index contributed by atoms with van der Waals surface area (Å²) in [5.74, 6) is 0. The molecule has 2 nitrogen and oxygen atoms in total. The Morgan fingerprint density at radius 2 is 1.62 bits per heavy atom. The quantitative estimate of drug-likeness (QED) is 0.786. The largest absolute Gasteiger partial charge is 0.472 e. The fraction of sp³-hybridized carbons (Fsp3) is 0.714. The molecule has 2 rings (SSSR count). The van der Waals surface area contributed by atoms with Gasteiger partial charge in [-0.05, 0) is 36.2 Å². The molecule has 0 unspecified atom stereocenters. The van der Waals surface area contributed by atoms with Crippen molar-refractivity contribution in [2.24, 2.45) is 10.8 Å². The summed E-state index contributed by atoms with van der Waals surface area (Å²) < 4.78 is 5.11. The van der Waals surface area contributed by atoms with Gasteiger partial charge >= 0.3 is 0 Å². The number of hydrogen-bond acceptors (Lipinski definition) is 2. The predicted molar refractivity (Wildman–Crippen MR) is 64.0 cm³/mol. The van der Waals surface area contributed by atoms with Gasteiger partial charge in [-0.3, -0.25) is 0 Å². The first kappa shape index (κ1) is 11.7. The van der Waals surface area contributed by atoms with Gasteiger partial charge in [0.15, 0.2) is 0 Å². The van der Waals surface area contributed by atoms with Gasteiger partial charge in [-0.25, -0.2) is 0 Å². The number of hydrogen-bond donors (Lipinski definition) is 1. The van der Waals surface area contributed by atoms with Crippen molar-refractivity contribution in [2.45, 2.75) is 52.6 Å². The van der Waals surface area contributed by atoms with Gasteiger partial charge in [0, 0.05) is 5.56 Å². The fourth-order valence-corrected chi connectivity index (χ4v) is 3.80. The molecule has 0 amide bonds. The van der Waals surface area contributed by atoms with E-state index in [1.165, 1.54) is 0 Å². The first-order valence-electron chi connectivity index (χ1n) is 5.98. The van der Waals surface area contributed by atoms with Gasteiger partial charge in [-0.1, -0.05) is 27.7 Å². The molecule has 1 fully saturated rings. The molecule has 0 radical (unpaired) electrons. The zero-order valence-corrected chi connectivity index (χ0v) is 10.7. The van der Waals surface area contributed by atoms with Crippen molar-refractivity contribution in [3.63, 3.8) is 0 Å². The number of rotatable bonds is 1. The lowest BCUT2D eigenvalue weighted by Gasteiger charge is -2.49. The summed E-state index contributed by atoms with van der Waals surface area (Å²) in [6.07, 6.45) is 6.09. The van der Waals surface area contributed by atoms with Crippen molar-refractivity contribution in [1.82, 2.24) is 0 Å². The summed E-state index contributed by atoms with van der Waals surface area (Å²) in [5, 5.41) is 10.8. The van der Waals surface area contributed by atoms with Gasteiger partial charge in [-0.15, -0.1) is 0 Å². The molecule has 1 heterocycles. The summed E-state index contributed by atoms with van der Waals surface area (Å²) in [4.78, 5) is 0. The van der Waals surface area contributed by atoms with Gasteiger partial charge in [-0.2, -0.15) is 0 Å². The molecule has 1 aliphatic rings. The third-order valence-corrected chi connectivity index (χ3v) is 3.56. The van der Waals surface area contributed by atoms with Crippen LogP contribution in [0.15, 0.2) is 23.0 Å². The van der Waals surface area contributed by atoms with Crippen LogP contribution in [0.1, 0.15) is 52.5 Å². The van der Waals surface area contributed by atoms with Crippen LogP contribution < -0.4 is 0 Å². The maximum atomic E-state index is 10.8. The second-order valence-electron chi connectivity index (χ2n) is 6.90. The molecule has 0 saturated heterocycles. The fourth-order valence-electron chi connectivity index (χ4n) is 3.80. The van der Waals surface area contributed by atoms with Crippen LogP contribution in [-0.2, 0) is 5.60 Å². The minimum absolute atomic E-state index is 0.174. The topological polar surface area (TPSA) is 33.4 Å². The van der Waals surface area contributed by atoms with Gasteiger partial charge in [0.2, 0.25) is 0 Å². The molecule has 0 aromatic carbocycles. The number of aliphatic hydroxyl groups is 1. The van der Waals surface area contributed by atoms with Gasteiger partial charge in [0.25, 0.3) is 0 Å². The van der Waals surface area contributed by atoms with Gasteiger partial charge in [0.05, 0.1) is 18.1 Å². The smallest absolute Gasteiger partial charge is 0.0963 e. The summed E-state index contributed by atoms with van der Waals surface area (Å²) in [6.45, 7) is 8.94. The van der Waals surface area contributed by atoms with E-state index in [0.29, 0.717) is 0 Å².